The maximum absolute atomic E-state index is 11.1. The van der Waals surface area contributed by atoms with Gasteiger partial charge in [-0.05, 0) is 37.3 Å². The molecule has 1 aliphatic rings. The van der Waals surface area contributed by atoms with Crippen molar-refractivity contribution >= 4 is 30.1 Å². The molecule has 1 aromatic carbocycles. The zero-order valence-corrected chi connectivity index (χ0v) is 22.9. The first kappa shape index (κ1) is 32.2. The largest absolute Gasteiger partial charge is 0.391 e. The zero-order chi connectivity index (χ0) is 26.8. The molecule has 0 bridgehead atoms. The summed E-state index contributed by atoms with van der Waals surface area (Å²) in [6.45, 7) is 15.5. The number of aromatic nitrogens is 1. The fourth-order valence-corrected chi connectivity index (χ4v) is 3.72. The van der Waals surface area contributed by atoms with Crippen LogP contribution in [0.5, 0.6) is 0 Å². The van der Waals surface area contributed by atoms with Gasteiger partial charge >= 0.3 is 0 Å². The minimum atomic E-state index is -0.398. The Hall–Kier alpha value is -2.78. The number of rotatable bonds is 7. The van der Waals surface area contributed by atoms with Gasteiger partial charge in [0.15, 0.2) is 0 Å². The molecule has 8 nitrogen and oxygen atoms in total. The van der Waals surface area contributed by atoms with Gasteiger partial charge in [-0.15, -0.1) is 11.3 Å². The number of carbonyl (C=O) groups excluding carboxylic acids is 3. The Labute approximate surface area is 214 Å². The van der Waals surface area contributed by atoms with E-state index in [-0.39, 0.29) is 18.5 Å². The lowest BCUT2D eigenvalue weighted by molar-refractivity contribution is -0.130. The van der Waals surface area contributed by atoms with Gasteiger partial charge in [0.2, 0.25) is 18.7 Å². The van der Waals surface area contributed by atoms with Crippen LogP contribution in [0.2, 0.25) is 0 Å². The SMILES string of the molecule is CC.CC(C)C.Cc1ncsc1-c1ccc(C(C)NC=O)cc1.O=CNCC(=O)N1CCC(O)C1. The Bertz CT molecular complexity index is 853. The molecule has 2 aromatic rings. The molecule has 0 saturated carbocycles. The molecule has 1 fully saturated rings. The van der Waals surface area contributed by atoms with Crippen LogP contribution in [0.1, 0.15) is 65.3 Å². The molecule has 1 aliphatic heterocycles. The van der Waals surface area contributed by atoms with Gasteiger partial charge < -0.3 is 20.6 Å². The summed E-state index contributed by atoms with van der Waals surface area (Å²) in [6.07, 6.45) is 1.45. The quantitative estimate of drug-likeness (QED) is 0.493. The van der Waals surface area contributed by atoms with Crippen molar-refractivity contribution in [2.45, 2.75) is 67.0 Å². The lowest BCUT2D eigenvalue weighted by atomic mass is 10.1. The Kier molecular flexibility index (Phi) is 17.1. The molecular formula is C26H42N4O4S. The molecule has 2 heterocycles. The first-order chi connectivity index (χ1) is 16.7. The summed E-state index contributed by atoms with van der Waals surface area (Å²) in [6, 6.07) is 8.26. The standard InChI is InChI=1S/C13H14N2OS.C7H12N2O3.C4H10.C2H6/c1-9(14-7-16)11-3-5-12(6-4-11)13-10(2)15-8-17-13;10-5-8-3-7(12)9-2-1-6(11)4-9;1-4(2)3;1-2/h3-9H,1-2H3,(H,14,16);5-6,11H,1-4H2,(H,8,10);4H,1-3H3;1-2H3. The van der Waals surface area contributed by atoms with Gasteiger partial charge in [-0.1, -0.05) is 58.9 Å². The van der Waals surface area contributed by atoms with Crippen LogP contribution in [0, 0.1) is 12.8 Å². The summed E-state index contributed by atoms with van der Waals surface area (Å²) in [5.74, 6) is 0.693. The number of nitrogens with zero attached hydrogens (tertiary/aromatic N) is 2. The molecule has 3 amide bonds. The average Bonchev–Trinajstić information content (AvgIpc) is 3.47. The van der Waals surface area contributed by atoms with Crippen molar-refractivity contribution < 1.29 is 19.5 Å². The van der Waals surface area contributed by atoms with E-state index in [1.807, 2.05) is 45.3 Å². The molecular weight excluding hydrogens is 464 g/mol. The molecule has 0 aliphatic carbocycles. The van der Waals surface area contributed by atoms with Gasteiger partial charge in [0, 0.05) is 13.1 Å². The summed E-state index contributed by atoms with van der Waals surface area (Å²) >= 11 is 1.64. The van der Waals surface area contributed by atoms with Gasteiger partial charge in [-0.25, -0.2) is 4.98 Å². The highest BCUT2D eigenvalue weighted by atomic mass is 32.1. The minimum absolute atomic E-state index is 0.0240. The van der Waals surface area contributed by atoms with Crippen molar-refractivity contribution in [3.8, 4) is 10.4 Å². The van der Waals surface area contributed by atoms with Gasteiger partial charge in [0.1, 0.15) is 0 Å². The van der Waals surface area contributed by atoms with Crippen LogP contribution in [-0.2, 0) is 14.4 Å². The molecule has 2 unspecified atom stereocenters. The van der Waals surface area contributed by atoms with Crippen molar-refractivity contribution in [3.63, 3.8) is 0 Å². The summed E-state index contributed by atoms with van der Waals surface area (Å²) in [7, 11) is 0. The van der Waals surface area contributed by atoms with Crippen LogP contribution in [-0.4, -0.2) is 59.5 Å². The number of hydrogen-bond donors (Lipinski definition) is 3. The smallest absolute Gasteiger partial charge is 0.242 e. The van der Waals surface area contributed by atoms with Crippen LogP contribution < -0.4 is 10.6 Å². The highest BCUT2D eigenvalue weighted by molar-refractivity contribution is 7.13. The Morgan fingerprint density at radius 3 is 2.20 bits per heavy atom. The summed E-state index contributed by atoms with van der Waals surface area (Å²) < 4.78 is 0. The van der Waals surface area contributed by atoms with Crippen LogP contribution in [0.25, 0.3) is 10.4 Å². The molecule has 1 aromatic heterocycles. The van der Waals surface area contributed by atoms with E-state index in [1.54, 1.807) is 16.2 Å². The van der Waals surface area contributed by atoms with E-state index in [9.17, 15) is 14.4 Å². The Balaban J connectivity index is 0.000000561. The number of carbonyl (C=O) groups is 3. The van der Waals surface area contributed by atoms with Gasteiger partial charge in [0.25, 0.3) is 0 Å². The van der Waals surface area contributed by atoms with E-state index in [1.165, 1.54) is 10.4 Å². The highest BCUT2D eigenvalue weighted by Crippen LogP contribution is 2.28. The predicted molar refractivity (Wildman–Crippen MR) is 143 cm³/mol. The molecule has 0 radical (unpaired) electrons. The second-order valence-corrected chi connectivity index (χ2v) is 9.26. The van der Waals surface area contributed by atoms with Crippen molar-refractivity contribution in [3.05, 3.63) is 41.0 Å². The number of aliphatic hydroxyl groups excluding tert-OH is 1. The Morgan fingerprint density at radius 1 is 1.17 bits per heavy atom. The first-order valence-electron chi connectivity index (χ1n) is 12.0. The second-order valence-electron chi connectivity index (χ2n) is 8.41. The molecule has 9 heteroatoms. The van der Waals surface area contributed by atoms with Crippen molar-refractivity contribution in [1.82, 2.24) is 20.5 Å². The summed E-state index contributed by atoms with van der Waals surface area (Å²) in [5, 5.41) is 14.1. The molecule has 196 valence electrons. The molecule has 0 spiro atoms. The topological polar surface area (TPSA) is 112 Å². The number of amides is 3. The lowest BCUT2D eigenvalue weighted by Crippen LogP contribution is -2.36. The molecule has 3 N–H and O–H groups in total. The number of hydrogen-bond acceptors (Lipinski definition) is 6. The molecule has 35 heavy (non-hydrogen) atoms. The van der Waals surface area contributed by atoms with Gasteiger partial charge in [0.05, 0.1) is 34.8 Å². The second kappa shape index (κ2) is 18.5. The van der Waals surface area contributed by atoms with E-state index in [4.69, 9.17) is 5.11 Å². The number of benzene rings is 1. The van der Waals surface area contributed by atoms with Crippen LogP contribution in [0.4, 0.5) is 0 Å². The maximum atomic E-state index is 11.1. The minimum Gasteiger partial charge on any atom is -0.391 e. The molecule has 3 rings (SSSR count). The third kappa shape index (κ3) is 13.0. The van der Waals surface area contributed by atoms with Crippen LogP contribution in [0.3, 0.4) is 0 Å². The number of likely N-dealkylation sites (tertiary alicyclic amines) is 1. The van der Waals surface area contributed by atoms with E-state index in [0.717, 1.165) is 23.6 Å². The first-order valence-corrected chi connectivity index (χ1v) is 12.9. The normalized spacial score (nSPS) is 14.8. The third-order valence-corrected chi connectivity index (χ3v) is 5.57. The van der Waals surface area contributed by atoms with E-state index >= 15 is 0 Å². The lowest BCUT2D eigenvalue weighted by Gasteiger charge is -2.14. The molecule has 2 atom stereocenters. The summed E-state index contributed by atoms with van der Waals surface area (Å²) in [4.78, 5) is 38.4. The summed E-state index contributed by atoms with van der Waals surface area (Å²) in [5.41, 5.74) is 5.19. The van der Waals surface area contributed by atoms with Crippen molar-refractivity contribution in [1.29, 1.82) is 0 Å². The number of aryl methyl sites for hydroxylation is 1. The maximum Gasteiger partial charge on any atom is 0.242 e. The number of thiazole rings is 1. The highest BCUT2D eigenvalue weighted by Gasteiger charge is 2.23. The fourth-order valence-electron chi connectivity index (χ4n) is 2.91. The van der Waals surface area contributed by atoms with Crippen molar-refractivity contribution in [2.75, 3.05) is 19.6 Å². The molecule has 1 saturated heterocycles. The van der Waals surface area contributed by atoms with E-state index in [0.29, 0.717) is 25.9 Å². The number of β-amino-alcohol motifs (C(OH)–C–C–N with tert-alkyl or cyclic N) is 1. The van der Waals surface area contributed by atoms with Gasteiger partial charge in [-0.3, -0.25) is 14.4 Å². The van der Waals surface area contributed by atoms with Crippen molar-refractivity contribution in [2.24, 2.45) is 5.92 Å². The monoisotopic (exact) mass is 506 g/mol. The number of nitrogens with one attached hydrogen (secondary N) is 2. The van der Waals surface area contributed by atoms with Gasteiger partial charge in [-0.2, -0.15) is 0 Å². The zero-order valence-electron chi connectivity index (χ0n) is 22.1. The Morgan fingerprint density at radius 2 is 1.77 bits per heavy atom. The van der Waals surface area contributed by atoms with Crippen LogP contribution in [0.15, 0.2) is 29.8 Å². The van der Waals surface area contributed by atoms with Crippen LogP contribution >= 0.6 is 11.3 Å². The third-order valence-electron chi connectivity index (χ3n) is 4.59. The fraction of sp³-hybridized carbons (Fsp3) is 0.538. The average molecular weight is 507 g/mol. The predicted octanol–water partition coefficient (Wildman–Crippen LogP) is 3.94. The van der Waals surface area contributed by atoms with E-state index < -0.39 is 6.10 Å². The van der Waals surface area contributed by atoms with E-state index in [2.05, 4.69) is 48.5 Å². The number of aliphatic hydroxyl groups is 1.